The van der Waals surface area contributed by atoms with Crippen LogP contribution in [0.4, 0.5) is 18.9 Å². The molecule has 0 spiro atoms. The van der Waals surface area contributed by atoms with Crippen LogP contribution < -0.4 is 10.6 Å². The molecule has 1 aliphatic heterocycles. The maximum absolute atomic E-state index is 12.6. The number of nitrogens with zero attached hydrogens (tertiary/aromatic N) is 1. The highest BCUT2D eigenvalue weighted by atomic mass is 19.4. The van der Waals surface area contributed by atoms with Crippen molar-refractivity contribution in [2.75, 3.05) is 32.1 Å². The number of hydrogen-bond donors (Lipinski definition) is 2. The van der Waals surface area contributed by atoms with Crippen LogP contribution in [0, 0.1) is 0 Å². The summed E-state index contributed by atoms with van der Waals surface area (Å²) < 4.78 is 42.9. The smallest absolute Gasteiger partial charge is 0.383 e. The molecule has 2 heterocycles. The fraction of sp³-hybridized carbons (Fsp3) is 0.615. The lowest BCUT2D eigenvalue weighted by molar-refractivity contribution is -0.141. The molecule has 0 amide bonds. The molecule has 1 unspecified atom stereocenters. The quantitative estimate of drug-likeness (QED) is 0.873. The number of ether oxygens (including phenoxy) is 1. The Hall–Kier alpha value is -1.34. The van der Waals surface area contributed by atoms with Crippen molar-refractivity contribution in [3.63, 3.8) is 0 Å². The molecule has 7 heteroatoms. The molecule has 1 aliphatic rings. The Balaban J connectivity index is 2.03. The van der Waals surface area contributed by atoms with Crippen LogP contribution in [-0.2, 0) is 10.9 Å². The minimum absolute atomic E-state index is 0.212. The molecule has 0 saturated carbocycles. The first-order valence-electron chi connectivity index (χ1n) is 6.46. The second-order valence-electron chi connectivity index (χ2n) is 5.02. The maximum Gasteiger partial charge on any atom is 0.433 e. The largest absolute Gasteiger partial charge is 0.433 e. The molecule has 1 fully saturated rings. The van der Waals surface area contributed by atoms with E-state index < -0.39 is 11.9 Å². The van der Waals surface area contributed by atoms with Crippen LogP contribution in [0.15, 0.2) is 18.3 Å². The van der Waals surface area contributed by atoms with E-state index in [0.717, 1.165) is 31.6 Å². The van der Waals surface area contributed by atoms with E-state index in [1.54, 1.807) is 7.11 Å². The van der Waals surface area contributed by atoms with Gasteiger partial charge < -0.3 is 15.4 Å². The molecule has 20 heavy (non-hydrogen) atoms. The van der Waals surface area contributed by atoms with Crippen LogP contribution in [0.3, 0.4) is 0 Å². The number of halogens is 3. The van der Waals surface area contributed by atoms with Gasteiger partial charge in [-0.25, -0.2) is 0 Å². The van der Waals surface area contributed by atoms with Crippen molar-refractivity contribution in [2.24, 2.45) is 0 Å². The molecule has 1 atom stereocenters. The summed E-state index contributed by atoms with van der Waals surface area (Å²) in [7, 11) is 1.62. The molecular weight excluding hydrogens is 271 g/mol. The maximum atomic E-state index is 12.6. The van der Waals surface area contributed by atoms with Crippen LogP contribution in [0.2, 0.25) is 0 Å². The van der Waals surface area contributed by atoms with Crippen molar-refractivity contribution in [2.45, 2.75) is 24.6 Å². The molecule has 0 bridgehead atoms. The van der Waals surface area contributed by atoms with Crippen LogP contribution in [0.1, 0.15) is 18.5 Å². The zero-order chi connectivity index (χ0) is 14.6. The average Bonchev–Trinajstić information content (AvgIpc) is 2.85. The molecule has 2 rings (SSSR count). The normalized spacial score (nSPS) is 23.0. The standard InChI is InChI=1S/C13H18F3N3O/c1-20-9-12(4-2-5-19-12)8-18-10-3-6-17-11(7-10)13(14,15)16/h3,6-7,19H,2,4-5,8-9H2,1H3,(H,17,18). The van der Waals surface area contributed by atoms with Gasteiger partial charge in [-0.05, 0) is 31.5 Å². The third-order valence-corrected chi connectivity index (χ3v) is 3.43. The minimum atomic E-state index is -4.42. The van der Waals surface area contributed by atoms with E-state index in [2.05, 4.69) is 15.6 Å². The Morgan fingerprint density at radius 1 is 1.50 bits per heavy atom. The van der Waals surface area contributed by atoms with Crippen molar-refractivity contribution in [1.82, 2.24) is 10.3 Å². The number of pyridine rings is 1. The van der Waals surface area contributed by atoms with Gasteiger partial charge in [-0.2, -0.15) is 13.2 Å². The van der Waals surface area contributed by atoms with Gasteiger partial charge in [0, 0.05) is 25.5 Å². The zero-order valence-corrected chi connectivity index (χ0v) is 11.3. The molecule has 1 aromatic heterocycles. The summed E-state index contributed by atoms with van der Waals surface area (Å²) in [5, 5.41) is 6.40. The number of alkyl halides is 3. The lowest BCUT2D eigenvalue weighted by Gasteiger charge is -2.29. The lowest BCUT2D eigenvalue weighted by Crippen LogP contribution is -2.49. The van der Waals surface area contributed by atoms with E-state index in [0.29, 0.717) is 18.8 Å². The van der Waals surface area contributed by atoms with Gasteiger partial charge in [-0.3, -0.25) is 4.98 Å². The second kappa shape index (κ2) is 5.97. The predicted molar refractivity (Wildman–Crippen MR) is 69.6 cm³/mol. The summed E-state index contributed by atoms with van der Waals surface area (Å²) in [5.74, 6) is 0. The van der Waals surface area contributed by atoms with Crippen LogP contribution >= 0.6 is 0 Å². The van der Waals surface area contributed by atoms with Gasteiger partial charge >= 0.3 is 6.18 Å². The Morgan fingerprint density at radius 2 is 2.30 bits per heavy atom. The Bertz CT molecular complexity index is 445. The third kappa shape index (κ3) is 3.61. The summed E-state index contributed by atoms with van der Waals surface area (Å²) in [4.78, 5) is 3.34. The Kier molecular flexibility index (Phi) is 4.49. The van der Waals surface area contributed by atoms with Gasteiger partial charge in [0.1, 0.15) is 5.69 Å². The van der Waals surface area contributed by atoms with E-state index in [1.165, 1.54) is 6.07 Å². The fourth-order valence-corrected chi connectivity index (χ4v) is 2.44. The molecule has 1 aromatic rings. The Morgan fingerprint density at radius 3 is 2.90 bits per heavy atom. The molecule has 4 nitrogen and oxygen atoms in total. The highest BCUT2D eigenvalue weighted by Gasteiger charge is 2.34. The number of aromatic nitrogens is 1. The number of rotatable bonds is 5. The number of hydrogen-bond acceptors (Lipinski definition) is 4. The Labute approximate surface area is 115 Å². The van der Waals surface area contributed by atoms with E-state index >= 15 is 0 Å². The van der Waals surface area contributed by atoms with Gasteiger partial charge in [-0.15, -0.1) is 0 Å². The van der Waals surface area contributed by atoms with E-state index in [9.17, 15) is 13.2 Å². The SMILES string of the molecule is COCC1(CNc2ccnc(C(F)(F)F)c2)CCCN1. The summed E-state index contributed by atoms with van der Waals surface area (Å²) in [6.45, 7) is 1.94. The topological polar surface area (TPSA) is 46.2 Å². The minimum Gasteiger partial charge on any atom is -0.383 e. The molecule has 0 aliphatic carbocycles. The van der Waals surface area contributed by atoms with Crippen LogP contribution in [-0.4, -0.2) is 37.3 Å². The van der Waals surface area contributed by atoms with Crippen molar-refractivity contribution in [3.8, 4) is 0 Å². The molecule has 0 aromatic carbocycles. The van der Waals surface area contributed by atoms with Gasteiger partial charge in [0.25, 0.3) is 0 Å². The molecule has 0 radical (unpaired) electrons. The first-order chi connectivity index (χ1) is 9.45. The molecule has 1 saturated heterocycles. The van der Waals surface area contributed by atoms with Crippen LogP contribution in [0.25, 0.3) is 0 Å². The lowest BCUT2D eigenvalue weighted by atomic mass is 9.98. The monoisotopic (exact) mass is 289 g/mol. The van der Waals surface area contributed by atoms with Gasteiger partial charge in [0.2, 0.25) is 0 Å². The summed E-state index contributed by atoms with van der Waals surface area (Å²) in [6.07, 6.45) is -1.29. The van der Waals surface area contributed by atoms with Gasteiger partial charge in [0.05, 0.1) is 12.1 Å². The number of methoxy groups -OCH3 is 1. The van der Waals surface area contributed by atoms with Crippen molar-refractivity contribution < 1.29 is 17.9 Å². The van der Waals surface area contributed by atoms with E-state index in [1.807, 2.05) is 0 Å². The highest BCUT2D eigenvalue weighted by molar-refractivity contribution is 5.44. The fourth-order valence-electron chi connectivity index (χ4n) is 2.44. The highest BCUT2D eigenvalue weighted by Crippen LogP contribution is 2.29. The van der Waals surface area contributed by atoms with E-state index in [-0.39, 0.29) is 5.54 Å². The summed E-state index contributed by atoms with van der Waals surface area (Å²) in [5.41, 5.74) is -0.685. The predicted octanol–water partition coefficient (Wildman–Crippen LogP) is 2.28. The second-order valence-corrected chi connectivity index (χ2v) is 5.02. The number of nitrogens with one attached hydrogen (secondary N) is 2. The van der Waals surface area contributed by atoms with Gasteiger partial charge in [-0.1, -0.05) is 0 Å². The van der Waals surface area contributed by atoms with Crippen molar-refractivity contribution in [3.05, 3.63) is 24.0 Å². The van der Waals surface area contributed by atoms with Crippen LogP contribution in [0.5, 0.6) is 0 Å². The first-order valence-corrected chi connectivity index (χ1v) is 6.46. The van der Waals surface area contributed by atoms with Crippen molar-refractivity contribution in [1.29, 1.82) is 0 Å². The van der Waals surface area contributed by atoms with Gasteiger partial charge in [0.15, 0.2) is 0 Å². The molecular formula is C13H18F3N3O. The summed E-state index contributed by atoms with van der Waals surface area (Å²) >= 11 is 0. The molecule has 2 N–H and O–H groups in total. The first kappa shape index (κ1) is 15.1. The number of anilines is 1. The zero-order valence-electron chi connectivity index (χ0n) is 11.3. The molecule has 112 valence electrons. The summed E-state index contributed by atoms with van der Waals surface area (Å²) in [6, 6.07) is 2.56. The third-order valence-electron chi connectivity index (χ3n) is 3.43. The van der Waals surface area contributed by atoms with Crippen molar-refractivity contribution >= 4 is 5.69 Å². The van der Waals surface area contributed by atoms with E-state index in [4.69, 9.17) is 4.74 Å². The average molecular weight is 289 g/mol.